The average molecular weight is 334 g/mol. The third-order valence-corrected chi connectivity index (χ3v) is 3.81. The molecule has 2 rings (SSSR count). The van der Waals surface area contributed by atoms with Gasteiger partial charge in [-0.3, -0.25) is 0 Å². The summed E-state index contributed by atoms with van der Waals surface area (Å²) < 4.78 is 24.4. The van der Waals surface area contributed by atoms with Crippen LogP contribution in [0.3, 0.4) is 0 Å². The number of nitrogens with one attached hydrogen (secondary N) is 1. The summed E-state index contributed by atoms with van der Waals surface area (Å²) in [6.45, 7) is 5.94. The van der Waals surface area contributed by atoms with Crippen LogP contribution < -0.4 is 10.1 Å². The monoisotopic (exact) mass is 334 g/mol. The van der Waals surface area contributed by atoms with Crippen LogP contribution in [-0.2, 0) is 4.74 Å². The van der Waals surface area contributed by atoms with E-state index in [9.17, 15) is 9.18 Å². The molecule has 0 aromatic heterocycles. The number of carbonyl (C=O) groups excluding carboxylic acids is 1. The predicted octanol–water partition coefficient (Wildman–Crippen LogP) is 3.77. The molecule has 1 aliphatic carbocycles. The lowest BCUT2D eigenvalue weighted by molar-refractivity contribution is 0.0504. The lowest BCUT2D eigenvalue weighted by atomic mass is 10.1. The molecule has 0 bridgehead atoms. The number of amides is 1. The van der Waals surface area contributed by atoms with E-state index in [0.29, 0.717) is 18.3 Å². The summed E-state index contributed by atoms with van der Waals surface area (Å²) in [5.41, 5.74) is -0.505. The maximum Gasteiger partial charge on any atom is 0.407 e. The van der Waals surface area contributed by atoms with Gasteiger partial charge in [-0.2, -0.15) is 5.26 Å². The fourth-order valence-electron chi connectivity index (χ4n) is 2.72. The first-order chi connectivity index (χ1) is 11.3. The Balaban J connectivity index is 1.77. The number of hydrogen-bond acceptors (Lipinski definition) is 4. The Morgan fingerprint density at radius 1 is 1.42 bits per heavy atom. The van der Waals surface area contributed by atoms with Crippen LogP contribution in [0.1, 0.15) is 45.6 Å². The van der Waals surface area contributed by atoms with E-state index in [1.165, 1.54) is 12.1 Å². The van der Waals surface area contributed by atoms with E-state index >= 15 is 0 Å². The molecular formula is C18H23FN2O3. The fraction of sp³-hybridized carbons (Fsp3) is 0.556. The highest BCUT2D eigenvalue weighted by Crippen LogP contribution is 2.27. The van der Waals surface area contributed by atoms with Crippen molar-refractivity contribution < 1.29 is 18.7 Å². The van der Waals surface area contributed by atoms with Crippen molar-refractivity contribution in [2.24, 2.45) is 5.92 Å². The van der Waals surface area contributed by atoms with E-state index < -0.39 is 17.5 Å². The van der Waals surface area contributed by atoms with Crippen LogP contribution in [0, 0.1) is 23.1 Å². The van der Waals surface area contributed by atoms with Crippen molar-refractivity contribution in [1.82, 2.24) is 5.32 Å². The maximum absolute atomic E-state index is 13.5. The summed E-state index contributed by atoms with van der Waals surface area (Å²) in [6, 6.07) is 6.08. The van der Waals surface area contributed by atoms with Gasteiger partial charge in [0.25, 0.3) is 0 Å². The minimum atomic E-state index is -0.578. The number of ether oxygens (including phenoxy) is 2. The predicted molar refractivity (Wildman–Crippen MR) is 87.1 cm³/mol. The standard InChI is InChI=1S/C18H23FN2O3/c1-18(2,3)24-17(22)21-14-6-4-12(8-14)11-23-15-7-5-13(10-20)16(19)9-15/h5,7,9,12,14H,4,6,8,11H2,1-3H3,(H,21,22)/t12-,14+/m0/s1. The van der Waals surface area contributed by atoms with Crippen molar-refractivity contribution >= 4 is 6.09 Å². The minimum absolute atomic E-state index is 0.00448. The highest BCUT2D eigenvalue weighted by molar-refractivity contribution is 5.68. The molecule has 1 aromatic rings. The molecule has 1 fully saturated rings. The highest BCUT2D eigenvalue weighted by atomic mass is 19.1. The third kappa shape index (κ3) is 5.41. The Hall–Kier alpha value is -2.29. The van der Waals surface area contributed by atoms with Crippen LogP contribution >= 0.6 is 0 Å². The molecule has 0 heterocycles. The topological polar surface area (TPSA) is 71.3 Å². The first-order valence-corrected chi connectivity index (χ1v) is 8.09. The highest BCUT2D eigenvalue weighted by Gasteiger charge is 2.28. The van der Waals surface area contributed by atoms with Crippen LogP contribution in [0.15, 0.2) is 18.2 Å². The van der Waals surface area contributed by atoms with Crippen LogP contribution in [0.4, 0.5) is 9.18 Å². The summed E-state index contributed by atoms with van der Waals surface area (Å²) in [4.78, 5) is 11.8. The van der Waals surface area contributed by atoms with Gasteiger partial charge in [0.1, 0.15) is 23.2 Å². The zero-order chi connectivity index (χ0) is 17.7. The summed E-state index contributed by atoms with van der Waals surface area (Å²) >= 11 is 0. The van der Waals surface area contributed by atoms with E-state index in [0.717, 1.165) is 19.3 Å². The first-order valence-electron chi connectivity index (χ1n) is 8.09. The fourth-order valence-corrected chi connectivity index (χ4v) is 2.72. The quantitative estimate of drug-likeness (QED) is 0.910. The zero-order valence-corrected chi connectivity index (χ0v) is 14.3. The molecule has 0 aliphatic heterocycles. The molecular weight excluding hydrogens is 311 g/mol. The van der Waals surface area contributed by atoms with Crippen LogP contribution in [0.2, 0.25) is 0 Å². The van der Waals surface area contributed by atoms with E-state index in [2.05, 4.69) is 5.32 Å². The number of nitrogens with zero attached hydrogens (tertiary/aromatic N) is 1. The van der Waals surface area contributed by atoms with Crippen LogP contribution in [0.5, 0.6) is 5.75 Å². The third-order valence-electron chi connectivity index (χ3n) is 3.81. The number of rotatable bonds is 4. The molecule has 24 heavy (non-hydrogen) atoms. The molecule has 0 saturated heterocycles. The Labute approximate surface area is 141 Å². The second kappa shape index (κ2) is 7.52. The van der Waals surface area contributed by atoms with E-state index in [-0.39, 0.29) is 11.6 Å². The number of carbonyl (C=O) groups is 1. The minimum Gasteiger partial charge on any atom is -0.493 e. The summed E-state index contributed by atoms with van der Waals surface area (Å²) in [7, 11) is 0. The largest absolute Gasteiger partial charge is 0.493 e. The molecule has 0 radical (unpaired) electrons. The molecule has 6 heteroatoms. The molecule has 1 saturated carbocycles. The Morgan fingerprint density at radius 2 is 2.17 bits per heavy atom. The first kappa shape index (κ1) is 18.1. The van der Waals surface area contributed by atoms with Crippen molar-refractivity contribution in [2.45, 2.75) is 51.7 Å². The molecule has 5 nitrogen and oxygen atoms in total. The molecule has 1 aromatic carbocycles. The number of alkyl carbamates (subject to hydrolysis) is 1. The molecule has 130 valence electrons. The van der Waals surface area contributed by atoms with Crippen LogP contribution in [-0.4, -0.2) is 24.3 Å². The second-order valence-electron chi connectivity index (χ2n) is 7.09. The average Bonchev–Trinajstić information content (AvgIpc) is 2.90. The van der Waals surface area contributed by atoms with E-state index in [4.69, 9.17) is 14.7 Å². The van der Waals surface area contributed by atoms with Gasteiger partial charge < -0.3 is 14.8 Å². The SMILES string of the molecule is CC(C)(C)OC(=O)N[C@@H]1CC[C@H](COc2ccc(C#N)c(F)c2)C1. The zero-order valence-electron chi connectivity index (χ0n) is 14.3. The van der Waals surface area contributed by atoms with Crippen LogP contribution in [0.25, 0.3) is 0 Å². The van der Waals surface area contributed by atoms with Crippen molar-refractivity contribution in [3.05, 3.63) is 29.6 Å². The molecule has 0 unspecified atom stereocenters. The smallest absolute Gasteiger partial charge is 0.407 e. The van der Waals surface area contributed by atoms with Crippen molar-refractivity contribution in [3.8, 4) is 11.8 Å². The second-order valence-corrected chi connectivity index (χ2v) is 7.09. The van der Waals surface area contributed by atoms with Gasteiger partial charge in [-0.25, -0.2) is 9.18 Å². The summed E-state index contributed by atoms with van der Waals surface area (Å²) in [5.74, 6) is 0.129. The van der Waals surface area contributed by atoms with Gasteiger partial charge in [0, 0.05) is 12.1 Å². The molecule has 1 aliphatic rings. The Morgan fingerprint density at radius 3 is 2.79 bits per heavy atom. The van der Waals surface area contributed by atoms with Gasteiger partial charge in [0.05, 0.1) is 12.2 Å². The van der Waals surface area contributed by atoms with Gasteiger partial charge in [0.15, 0.2) is 0 Å². The Kier molecular flexibility index (Phi) is 5.66. The van der Waals surface area contributed by atoms with Crippen molar-refractivity contribution in [3.63, 3.8) is 0 Å². The van der Waals surface area contributed by atoms with Gasteiger partial charge in [-0.1, -0.05) is 0 Å². The lowest BCUT2D eigenvalue weighted by Gasteiger charge is -2.21. The molecule has 1 N–H and O–H groups in total. The van der Waals surface area contributed by atoms with E-state index in [1.54, 1.807) is 12.1 Å². The van der Waals surface area contributed by atoms with E-state index in [1.807, 2.05) is 20.8 Å². The Bertz CT molecular complexity index is 634. The molecule has 0 spiro atoms. The van der Waals surface area contributed by atoms with Gasteiger partial charge >= 0.3 is 6.09 Å². The van der Waals surface area contributed by atoms with Crippen molar-refractivity contribution in [2.75, 3.05) is 6.61 Å². The van der Waals surface area contributed by atoms with Gasteiger partial charge in [-0.05, 0) is 58.1 Å². The van der Waals surface area contributed by atoms with Crippen molar-refractivity contribution in [1.29, 1.82) is 5.26 Å². The normalized spacial score (nSPS) is 20.3. The number of hydrogen-bond donors (Lipinski definition) is 1. The number of benzene rings is 1. The molecule has 1 amide bonds. The number of halogens is 1. The number of nitriles is 1. The van der Waals surface area contributed by atoms with Gasteiger partial charge in [0.2, 0.25) is 0 Å². The lowest BCUT2D eigenvalue weighted by Crippen LogP contribution is -2.38. The molecule has 2 atom stereocenters. The maximum atomic E-state index is 13.5. The van der Waals surface area contributed by atoms with Gasteiger partial charge in [-0.15, -0.1) is 0 Å². The summed E-state index contributed by atoms with van der Waals surface area (Å²) in [5, 5.41) is 11.6. The summed E-state index contributed by atoms with van der Waals surface area (Å²) in [6.07, 6.45) is 2.20.